The van der Waals surface area contributed by atoms with E-state index in [1.807, 2.05) is 20.8 Å². The van der Waals surface area contributed by atoms with Crippen LogP contribution in [0.3, 0.4) is 0 Å². The molecule has 0 saturated carbocycles. The number of piperazine rings is 1. The molecular formula is C31H38N4O4. The fraction of sp³-hybridized carbons (Fsp3) is 0.548. The lowest BCUT2D eigenvalue weighted by molar-refractivity contribution is -0.125. The van der Waals surface area contributed by atoms with Gasteiger partial charge in [-0.05, 0) is 69.8 Å². The Morgan fingerprint density at radius 1 is 1.13 bits per heavy atom. The van der Waals surface area contributed by atoms with E-state index < -0.39 is 12.1 Å². The molecule has 0 aromatic heterocycles. The average Bonchev–Trinajstić information content (AvgIpc) is 2.89. The molecule has 3 heterocycles. The van der Waals surface area contributed by atoms with Crippen molar-refractivity contribution in [2.24, 2.45) is 5.92 Å². The number of allylic oxidation sites excluding steroid dienone is 2. The zero-order valence-corrected chi connectivity index (χ0v) is 24.1. The van der Waals surface area contributed by atoms with Crippen molar-refractivity contribution in [3.8, 4) is 11.8 Å². The van der Waals surface area contributed by atoms with Crippen molar-refractivity contribution >= 4 is 17.5 Å². The number of fused-ring (bicyclic) bond motifs is 6. The molecule has 39 heavy (non-hydrogen) atoms. The number of nitriles is 1. The number of carbonyl (C=O) groups excluding carboxylic acids is 3. The average molecular weight is 531 g/mol. The summed E-state index contributed by atoms with van der Waals surface area (Å²) in [5.74, 6) is 0.244. The maximum Gasteiger partial charge on any atom is 0.222 e. The number of likely N-dealkylation sites (N-methyl/N-ethyl adjacent to an activating group) is 1. The molecule has 1 amide bonds. The Labute approximate surface area is 230 Å². The predicted octanol–water partition coefficient (Wildman–Crippen LogP) is 3.12. The van der Waals surface area contributed by atoms with Gasteiger partial charge in [0.1, 0.15) is 11.8 Å². The maximum absolute atomic E-state index is 13.7. The van der Waals surface area contributed by atoms with Crippen LogP contribution >= 0.6 is 0 Å². The molecule has 206 valence electrons. The Bertz CT molecular complexity index is 1400. The van der Waals surface area contributed by atoms with Gasteiger partial charge in [0, 0.05) is 46.8 Å². The lowest BCUT2D eigenvalue weighted by Crippen LogP contribution is -2.71. The lowest BCUT2D eigenvalue weighted by Gasteiger charge is -2.60. The molecule has 8 nitrogen and oxygen atoms in total. The monoisotopic (exact) mass is 530 g/mol. The van der Waals surface area contributed by atoms with Crippen molar-refractivity contribution in [1.29, 1.82) is 5.26 Å². The highest BCUT2D eigenvalue weighted by atomic mass is 16.5. The van der Waals surface area contributed by atoms with Gasteiger partial charge in [-0.1, -0.05) is 19.9 Å². The van der Waals surface area contributed by atoms with Gasteiger partial charge in [0.2, 0.25) is 5.91 Å². The topological polar surface area (TPSA) is 103 Å². The number of nitrogens with one attached hydrogen (secondary N) is 1. The second kappa shape index (κ2) is 9.72. The molecule has 1 aliphatic carbocycles. The van der Waals surface area contributed by atoms with E-state index in [-0.39, 0.29) is 48.1 Å². The van der Waals surface area contributed by atoms with E-state index in [1.54, 1.807) is 21.0 Å². The van der Waals surface area contributed by atoms with E-state index in [9.17, 15) is 19.6 Å². The van der Waals surface area contributed by atoms with Gasteiger partial charge in [0.05, 0.1) is 25.3 Å². The number of hydrogen-bond donors (Lipinski definition) is 1. The third kappa shape index (κ3) is 3.89. The standard InChI is InChI=1S/C31H38N4O4/c1-14(2)31(38)33-13-24-26-20(28(36)16(4)17(5)29(26)37)11-22-27-25-18(6)30(39-8)15(3)9-19(25)10-21(34(27)7)23(12-32)35(22)24/h9,14,21-24,27H,10-11,13H2,1-8H3,(H,33,38)/t21-,22-,23-,24-,27-/m0/s1. The number of amides is 1. The second-order valence-electron chi connectivity index (χ2n) is 11.8. The Morgan fingerprint density at radius 3 is 2.41 bits per heavy atom. The van der Waals surface area contributed by atoms with Gasteiger partial charge in [-0.15, -0.1) is 0 Å². The highest BCUT2D eigenvalue weighted by molar-refractivity contribution is 6.25. The van der Waals surface area contributed by atoms with E-state index in [0.717, 1.165) is 16.9 Å². The van der Waals surface area contributed by atoms with E-state index >= 15 is 0 Å². The summed E-state index contributed by atoms with van der Waals surface area (Å²) in [7, 11) is 3.75. The molecular weight excluding hydrogens is 492 g/mol. The quantitative estimate of drug-likeness (QED) is 0.597. The first-order valence-electron chi connectivity index (χ1n) is 13.8. The van der Waals surface area contributed by atoms with Gasteiger partial charge in [-0.2, -0.15) is 5.26 Å². The Morgan fingerprint density at radius 2 is 1.79 bits per heavy atom. The summed E-state index contributed by atoms with van der Waals surface area (Å²) in [6.45, 7) is 11.4. The number of Topliss-reactive ketones (excluding diaryl/α,β-unsaturated/α-hetero) is 2. The van der Waals surface area contributed by atoms with Crippen molar-refractivity contribution in [1.82, 2.24) is 15.1 Å². The third-order valence-electron chi connectivity index (χ3n) is 9.48. The molecule has 5 atom stereocenters. The Hall–Kier alpha value is -3.28. The molecule has 0 spiro atoms. The number of methoxy groups -OCH3 is 1. The summed E-state index contributed by atoms with van der Waals surface area (Å²) < 4.78 is 5.80. The Balaban J connectivity index is 1.72. The number of nitrogens with zero attached hydrogens (tertiary/aromatic N) is 3. The molecule has 1 fully saturated rings. The van der Waals surface area contributed by atoms with Crippen LogP contribution in [0.2, 0.25) is 0 Å². The highest BCUT2D eigenvalue weighted by Gasteiger charge is 2.57. The zero-order valence-electron chi connectivity index (χ0n) is 24.1. The molecule has 1 aromatic rings. The van der Waals surface area contributed by atoms with E-state index in [4.69, 9.17) is 4.74 Å². The molecule has 1 aromatic carbocycles. The smallest absolute Gasteiger partial charge is 0.222 e. The molecule has 1 N–H and O–H groups in total. The van der Waals surface area contributed by atoms with Crippen LogP contribution in [-0.2, 0) is 20.8 Å². The van der Waals surface area contributed by atoms with Gasteiger partial charge >= 0.3 is 0 Å². The van der Waals surface area contributed by atoms with E-state index in [1.165, 1.54) is 11.1 Å². The summed E-state index contributed by atoms with van der Waals surface area (Å²) in [5.41, 5.74) is 6.42. The van der Waals surface area contributed by atoms with Crippen LogP contribution in [0.15, 0.2) is 28.4 Å². The van der Waals surface area contributed by atoms with Gasteiger partial charge in [0.15, 0.2) is 11.6 Å². The highest BCUT2D eigenvalue weighted by Crippen LogP contribution is 2.51. The third-order valence-corrected chi connectivity index (χ3v) is 9.48. The molecule has 0 radical (unpaired) electrons. The first-order chi connectivity index (χ1) is 18.4. The molecule has 0 unspecified atom stereocenters. The number of ether oxygens (including phenoxy) is 1. The van der Waals surface area contributed by atoms with Crippen molar-refractivity contribution in [2.45, 2.75) is 84.6 Å². The minimum Gasteiger partial charge on any atom is -0.496 e. The van der Waals surface area contributed by atoms with Crippen molar-refractivity contribution in [2.75, 3.05) is 20.7 Å². The fourth-order valence-electron chi connectivity index (χ4n) is 7.45. The summed E-state index contributed by atoms with van der Waals surface area (Å²) in [4.78, 5) is 44.5. The number of benzene rings is 1. The number of ketones is 2. The van der Waals surface area contributed by atoms with Crippen LogP contribution in [0.4, 0.5) is 0 Å². The van der Waals surface area contributed by atoms with Gasteiger partial charge in [-0.3, -0.25) is 24.2 Å². The van der Waals surface area contributed by atoms with Crippen LogP contribution in [-0.4, -0.2) is 72.1 Å². The minimum absolute atomic E-state index is 0.102. The number of aryl methyl sites for hydroxylation is 1. The number of carbonyl (C=O) groups is 3. The summed E-state index contributed by atoms with van der Waals surface area (Å²) in [6.07, 6.45) is 1.06. The maximum atomic E-state index is 13.7. The van der Waals surface area contributed by atoms with Gasteiger partial charge in [-0.25, -0.2) is 0 Å². The largest absolute Gasteiger partial charge is 0.496 e. The fourth-order valence-corrected chi connectivity index (χ4v) is 7.45. The van der Waals surface area contributed by atoms with Crippen LogP contribution in [0.1, 0.15) is 62.4 Å². The van der Waals surface area contributed by atoms with Gasteiger partial charge < -0.3 is 10.1 Å². The van der Waals surface area contributed by atoms with Crippen molar-refractivity contribution < 1.29 is 19.1 Å². The van der Waals surface area contributed by atoms with Crippen molar-refractivity contribution in [3.63, 3.8) is 0 Å². The molecule has 5 rings (SSSR count). The predicted molar refractivity (Wildman–Crippen MR) is 147 cm³/mol. The summed E-state index contributed by atoms with van der Waals surface area (Å²) in [5, 5.41) is 13.6. The first kappa shape index (κ1) is 27.3. The normalized spacial score (nSPS) is 28.7. The molecule has 4 aliphatic rings. The second-order valence-corrected chi connectivity index (χ2v) is 11.8. The zero-order chi connectivity index (χ0) is 28.5. The van der Waals surface area contributed by atoms with Crippen LogP contribution < -0.4 is 10.1 Å². The van der Waals surface area contributed by atoms with E-state index in [2.05, 4.69) is 41.2 Å². The summed E-state index contributed by atoms with van der Waals surface area (Å²) >= 11 is 0. The van der Waals surface area contributed by atoms with Crippen LogP contribution in [0, 0.1) is 31.1 Å². The minimum atomic E-state index is -0.571. The number of hydrogen-bond acceptors (Lipinski definition) is 7. The van der Waals surface area contributed by atoms with Crippen LogP contribution in [0.5, 0.6) is 5.75 Å². The Kier molecular flexibility index (Phi) is 6.80. The van der Waals surface area contributed by atoms with Gasteiger partial charge in [0.25, 0.3) is 0 Å². The molecule has 8 heteroatoms. The lowest BCUT2D eigenvalue weighted by atomic mass is 9.68. The number of rotatable bonds is 4. The van der Waals surface area contributed by atoms with Crippen molar-refractivity contribution in [3.05, 3.63) is 50.6 Å². The molecule has 2 bridgehead atoms. The molecule has 3 aliphatic heterocycles. The van der Waals surface area contributed by atoms with Crippen LogP contribution in [0.25, 0.3) is 0 Å². The van der Waals surface area contributed by atoms with E-state index in [0.29, 0.717) is 35.1 Å². The SMILES string of the molecule is COc1c(C)cc2c(c1C)[C@@H]1[C@@H]3CC4=C(C(=O)C(C)=C(C)C4=O)[C@H](CNC(=O)C(C)C)N3[C@@H](C#N)[C@H](C2)N1C. The molecule has 1 saturated heterocycles. The summed E-state index contributed by atoms with van der Waals surface area (Å²) in [6, 6.07) is 3.22. The first-order valence-corrected chi connectivity index (χ1v) is 13.8.